The number of rotatable bonds is 5. The van der Waals surface area contributed by atoms with Crippen LogP contribution in [0.1, 0.15) is 56.8 Å². The van der Waals surface area contributed by atoms with Gasteiger partial charge in [-0.2, -0.15) is 0 Å². The number of hydrogen-bond donors (Lipinski definition) is 2. The largest absolute Gasteiger partial charge is 0.365 e. The van der Waals surface area contributed by atoms with Crippen molar-refractivity contribution < 1.29 is 9.59 Å². The van der Waals surface area contributed by atoms with Gasteiger partial charge >= 0.3 is 0 Å². The summed E-state index contributed by atoms with van der Waals surface area (Å²) < 4.78 is 1.67. The molecular weight excluding hydrogens is 410 g/mol. The van der Waals surface area contributed by atoms with Gasteiger partial charge in [0.2, 0.25) is 5.91 Å². The summed E-state index contributed by atoms with van der Waals surface area (Å²) in [7, 11) is 0. The lowest BCUT2D eigenvalue weighted by Crippen LogP contribution is -2.24. The summed E-state index contributed by atoms with van der Waals surface area (Å²) in [5, 5.41) is 4.45. The second-order valence-corrected chi connectivity index (χ2v) is 9.48. The number of hydrogen-bond acceptors (Lipinski definition) is 4. The van der Waals surface area contributed by atoms with E-state index in [0.29, 0.717) is 10.6 Å². The van der Waals surface area contributed by atoms with Crippen LogP contribution in [0.5, 0.6) is 0 Å². The van der Waals surface area contributed by atoms with E-state index in [1.807, 2.05) is 26.8 Å². The number of nitrogens with zero attached hydrogens (tertiary/aromatic N) is 1. The van der Waals surface area contributed by atoms with Crippen LogP contribution in [0, 0.1) is 20.8 Å². The first-order chi connectivity index (χ1) is 14.8. The van der Waals surface area contributed by atoms with E-state index in [0.717, 1.165) is 63.7 Å². The molecule has 1 aromatic carbocycles. The summed E-state index contributed by atoms with van der Waals surface area (Å²) in [5.41, 5.74) is 10.9. The highest BCUT2D eigenvalue weighted by molar-refractivity contribution is 7.17. The van der Waals surface area contributed by atoms with Crippen LogP contribution in [0.2, 0.25) is 0 Å². The fourth-order valence-corrected chi connectivity index (χ4v) is 5.92. The lowest BCUT2D eigenvalue weighted by atomic mass is 9.95. The molecule has 0 atom stereocenters. The molecular formula is C24H27N3O3S. The molecule has 3 aromatic rings. The average Bonchev–Trinajstić information content (AvgIpc) is 3.06. The van der Waals surface area contributed by atoms with Gasteiger partial charge in [-0.15, -0.1) is 11.3 Å². The third-order valence-corrected chi connectivity index (χ3v) is 7.19. The SMILES string of the molecule is Cc1cc(C)c2c(c1)c(C)cc(=O)n2CCC(=O)Nc1sc2c(c1C(N)=O)CCCC2. The molecule has 6 nitrogen and oxygen atoms in total. The molecule has 2 amide bonds. The molecule has 162 valence electrons. The molecule has 31 heavy (non-hydrogen) atoms. The smallest absolute Gasteiger partial charge is 0.251 e. The number of anilines is 1. The zero-order chi connectivity index (χ0) is 22.3. The molecule has 0 saturated carbocycles. The van der Waals surface area contributed by atoms with Crippen molar-refractivity contribution in [3.63, 3.8) is 0 Å². The van der Waals surface area contributed by atoms with Crippen LogP contribution in [0.15, 0.2) is 23.0 Å². The minimum absolute atomic E-state index is 0.117. The molecule has 0 fully saturated rings. The molecule has 1 aliphatic rings. The van der Waals surface area contributed by atoms with E-state index >= 15 is 0 Å². The zero-order valence-electron chi connectivity index (χ0n) is 18.1. The van der Waals surface area contributed by atoms with Crippen molar-refractivity contribution >= 4 is 39.1 Å². The number of pyridine rings is 1. The summed E-state index contributed by atoms with van der Waals surface area (Å²) in [4.78, 5) is 38.6. The number of aromatic nitrogens is 1. The lowest BCUT2D eigenvalue weighted by Gasteiger charge is -2.15. The van der Waals surface area contributed by atoms with E-state index in [4.69, 9.17) is 5.73 Å². The Morgan fingerprint density at radius 3 is 2.58 bits per heavy atom. The number of benzene rings is 1. The number of carbonyl (C=O) groups excluding carboxylic acids is 2. The van der Waals surface area contributed by atoms with Crippen LogP contribution >= 0.6 is 11.3 Å². The van der Waals surface area contributed by atoms with E-state index < -0.39 is 5.91 Å². The fraction of sp³-hybridized carbons (Fsp3) is 0.375. The van der Waals surface area contributed by atoms with Gasteiger partial charge in [-0.1, -0.05) is 11.6 Å². The van der Waals surface area contributed by atoms with Crippen LogP contribution < -0.4 is 16.6 Å². The molecule has 3 N–H and O–H groups in total. The Bertz CT molecular complexity index is 1270. The third-order valence-electron chi connectivity index (χ3n) is 5.98. The molecule has 4 rings (SSSR count). The summed E-state index contributed by atoms with van der Waals surface area (Å²) in [5.74, 6) is -0.729. The standard InChI is InChI=1S/C24H27N3O3S/c1-13-10-15(3)22-17(11-13)14(2)12-20(29)27(22)9-8-19(28)26-24-21(23(25)30)16-6-4-5-7-18(16)31-24/h10-12H,4-9H2,1-3H3,(H2,25,30)(H,26,28). The first-order valence-electron chi connectivity index (χ1n) is 10.6. The Balaban J connectivity index is 1.60. The Morgan fingerprint density at radius 2 is 1.84 bits per heavy atom. The molecule has 0 spiro atoms. The maximum Gasteiger partial charge on any atom is 0.251 e. The zero-order valence-corrected chi connectivity index (χ0v) is 18.9. The maximum absolute atomic E-state index is 12.8. The summed E-state index contributed by atoms with van der Waals surface area (Å²) in [6.45, 7) is 6.22. The van der Waals surface area contributed by atoms with Gasteiger partial charge in [0.15, 0.2) is 0 Å². The summed E-state index contributed by atoms with van der Waals surface area (Å²) >= 11 is 1.45. The van der Waals surface area contributed by atoms with Crippen molar-refractivity contribution in [3.05, 3.63) is 61.2 Å². The van der Waals surface area contributed by atoms with Crippen molar-refractivity contribution in [2.24, 2.45) is 5.73 Å². The molecule has 0 saturated heterocycles. The minimum Gasteiger partial charge on any atom is -0.365 e. The molecule has 0 unspecified atom stereocenters. The second-order valence-electron chi connectivity index (χ2n) is 8.37. The first-order valence-corrected chi connectivity index (χ1v) is 11.4. The van der Waals surface area contributed by atoms with Crippen LogP contribution in [-0.4, -0.2) is 16.4 Å². The first kappa shape index (κ1) is 21.3. The lowest BCUT2D eigenvalue weighted by molar-refractivity contribution is -0.116. The molecule has 0 radical (unpaired) electrons. The van der Waals surface area contributed by atoms with Crippen molar-refractivity contribution in [1.82, 2.24) is 4.57 Å². The predicted octanol–water partition coefficient (Wildman–Crippen LogP) is 3.99. The highest BCUT2D eigenvalue weighted by atomic mass is 32.1. The van der Waals surface area contributed by atoms with Gasteiger partial charge in [0.1, 0.15) is 5.00 Å². The van der Waals surface area contributed by atoms with Gasteiger partial charge in [-0.3, -0.25) is 14.4 Å². The number of amides is 2. The Kier molecular flexibility index (Phi) is 5.71. The number of nitrogens with one attached hydrogen (secondary N) is 1. The topological polar surface area (TPSA) is 94.2 Å². The van der Waals surface area contributed by atoms with E-state index in [1.165, 1.54) is 11.3 Å². The monoisotopic (exact) mass is 437 g/mol. The van der Waals surface area contributed by atoms with Crippen LogP contribution in [0.3, 0.4) is 0 Å². The van der Waals surface area contributed by atoms with Gasteiger partial charge in [-0.05, 0) is 69.2 Å². The molecule has 1 aliphatic carbocycles. The van der Waals surface area contributed by atoms with Gasteiger partial charge in [0.25, 0.3) is 11.5 Å². The number of primary amides is 1. The van der Waals surface area contributed by atoms with Gasteiger partial charge < -0.3 is 15.6 Å². The number of aryl methyl sites for hydroxylation is 5. The summed E-state index contributed by atoms with van der Waals surface area (Å²) in [6.07, 6.45) is 3.98. The second kappa shape index (κ2) is 8.30. The van der Waals surface area contributed by atoms with E-state index in [-0.39, 0.29) is 24.4 Å². The van der Waals surface area contributed by atoms with Crippen LogP contribution in [0.4, 0.5) is 5.00 Å². The quantitative estimate of drug-likeness (QED) is 0.632. The normalized spacial score (nSPS) is 13.3. The molecule has 0 bridgehead atoms. The predicted molar refractivity (Wildman–Crippen MR) is 125 cm³/mol. The number of carbonyl (C=O) groups is 2. The van der Waals surface area contributed by atoms with E-state index in [9.17, 15) is 14.4 Å². The number of nitrogens with two attached hydrogens (primary N) is 1. The molecule has 7 heteroatoms. The van der Waals surface area contributed by atoms with Gasteiger partial charge in [0.05, 0.1) is 11.1 Å². The Morgan fingerprint density at radius 1 is 1.10 bits per heavy atom. The fourth-order valence-electron chi connectivity index (χ4n) is 4.61. The number of thiophene rings is 1. The Labute approximate surface area is 185 Å². The summed E-state index contributed by atoms with van der Waals surface area (Å²) in [6, 6.07) is 5.74. The van der Waals surface area contributed by atoms with Crippen molar-refractivity contribution in [2.45, 2.75) is 59.4 Å². The third kappa shape index (κ3) is 4.02. The average molecular weight is 438 g/mol. The van der Waals surface area contributed by atoms with Gasteiger partial charge in [0, 0.05) is 29.3 Å². The van der Waals surface area contributed by atoms with Crippen LogP contribution in [0.25, 0.3) is 10.9 Å². The molecule has 2 aromatic heterocycles. The highest BCUT2D eigenvalue weighted by Gasteiger charge is 2.25. The van der Waals surface area contributed by atoms with Crippen molar-refractivity contribution in [3.8, 4) is 0 Å². The van der Waals surface area contributed by atoms with Crippen molar-refractivity contribution in [2.75, 3.05) is 5.32 Å². The van der Waals surface area contributed by atoms with E-state index in [1.54, 1.807) is 10.6 Å². The molecule has 2 heterocycles. The number of fused-ring (bicyclic) bond motifs is 2. The highest BCUT2D eigenvalue weighted by Crippen LogP contribution is 2.38. The Hall–Kier alpha value is -2.93. The maximum atomic E-state index is 12.8. The van der Waals surface area contributed by atoms with E-state index in [2.05, 4.69) is 11.4 Å². The van der Waals surface area contributed by atoms with Gasteiger partial charge in [-0.25, -0.2) is 0 Å². The van der Waals surface area contributed by atoms with Crippen LogP contribution in [-0.2, 0) is 24.2 Å². The minimum atomic E-state index is -0.499. The van der Waals surface area contributed by atoms with Crippen molar-refractivity contribution in [1.29, 1.82) is 0 Å². The molecule has 0 aliphatic heterocycles.